The average molecular weight is 339 g/mol. The first-order valence-electron chi connectivity index (χ1n) is 5.85. The van der Waals surface area contributed by atoms with Crippen LogP contribution in [0.5, 0.6) is 5.75 Å². The first-order chi connectivity index (χ1) is 9.60. The Labute approximate surface area is 124 Å². The zero-order valence-electron chi connectivity index (χ0n) is 10.7. The van der Waals surface area contributed by atoms with Crippen molar-refractivity contribution in [2.24, 2.45) is 0 Å². The molecule has 0 unspecified atom stereocenters. The van der Waals surface area contributed by atoms with Gasteiger partial charge in [0.1, 0.15) is 18.2 Å². The highest BCUT2D eigenvalue weighted by atomic mass is 79.9. The number of benzene rings is 2. The van der Waals surface area contributed by atoms with Crippen molar-refractivity contribution in [3.05, 3.63) is 63.9 Å². The molecule has 2 aromatic rings. The van der Waals surface area contributed by atoms with Crippen molar-refractivity contribution in [2.75, 3.05) is 7.11 Å². The topological polar surface area (TPSA) is 35.5 Å². The molecule has 0 aliphatic heterocycles. The summed E-state index contributed by atoms with van der Waals surface area (Å²) in [5.74, 6) is -0.309. The number of halogens is 2. The summed E-state index contributed by atoms with van der Waals surface area (Å²) in [7, 11) is 1.33. The number of carbonyl (C=O) groups excluding carboxylic acids is 1. The lowest BCUT2D eigenvalue weighted by molar-refractivity contribution is 0.0600. The molecular weight excluding hydrogens is 327 g/mol. The summed E-state index contributed by atoms with van der Waals surface area (Å²) in [5, 5.41) is 0. The summed E-state index contributed by atoms with van der Waals surface area (Å²) in [6.45, 7) is 0.281. The first kappa shape index (κ1) is 14.5. The Balaban J connectivity index is 2.04. The Morgan fingerprint density at radius 3 is 2.55 bits per heavy atom. The van der Waals surface area contributed by atoms with Crippen LogP contribution in [0.1, 0.15) is 15.9 Å². The van der Waals surface area contributed by atoms with Gasteiger partial charge >= 0.3 is 5.97 Å². The molecule has 0 N–H and O–H groups in total. The molecular formula is C15H12BrFO3. The Bertz CT molecular complexity index is 611. The second kappa shape index (κ2) is 6.52. The van der Waals surface area contributed by atoms with Crippen LogP contribution >= 0.6 is 15.9 Å². The van der Waals surface area contributed by atoms with Gasteiger partial charge in [0.15, 0.2) is 0 Å². The molecule has 0 aromatic heterocycles. The molecule has 2 aromatic carbocycles. The van der Waals surface area contributed by atoms with Crippen LogP contribution in [0, 0.1) is 5.82 Å². The minimum absolute atomic E-state index is 0.281. The molecule has 104 valence electrons. The summed E-state index contributed by atoms with van der Waals surface area (Å²) >= 11 is 3.29. The highest BCUT2D eigenvalue weighted by Crippen LogP contribution is 2.26. The summed E-state index contributed by atoms with van der Waals surface area (Å²) < 4.78 is 23.9. The fourth-order valence-electron chi connectivity index (χ4n) is 1.60. The summed E-state index contributed by atoms with van der Waals surface area (Å²) in [5.41, 5.74) is 1.34. The molecule has 0 atom stereocenters. The minimum Gasteiger partial charge on any atom is -0.488 e. The van der Waals surface area contributed by atoms with Gasteiger partial charge in [-0.25, -0.2) is 9.18 Å². The van der Waals surface area contributed by atoms with Crippen LogP contribution in [-0.4, -0.2) is 13.1 Å². The monoisotopic (exact) mass is 338 g/mol. The van der Waals surface area contributed by atoms with Gasteiger partial charge in [-0.1, -0.05) is 12.1 Å². The zero-order chi connectivity index (χ0) is 14.5. The molecule has 0 bridgehead atoms. The van der Waals surface area contributed by atoms with E-state index in [9.17, 15) is 9.18 Å². The van der Waals surface area contributed by atoms with Crippen LogP contribution in [0.25, 0.3) is 0 Å². The largest absolute Gasteiger partial charge is 0.488 e. The van der Waals surface area contributed by atoms with Gasteiger partial charge in [-0.05, 0) is 45.8 Å². The van der Waals surface area contributed by atoms with Gasteiger partial charge in [-0.15, -0.1) is 0 Å². The molecule has 2 rings (SSSR count). The first-order valence-corrected chi connectivity index (χ1v) is 6.64. The van der Waals surface area contributed by atoms with Crippen LogP contribution < -0.4 is 4.74 Å². The lowest BCUT2D eigenvalue weighted by Crippen LogP contribution is -2.02. The molecule has 0 spiro atoms. The van der Waals surface area contributed by atoms with E-state index >= 15 is 0 Å². The lowest BCUT2D eigenvalue weighted by atomic mass is 10.1. The number of ether oxygens (including phenoxy) is 2. The van der Waals surface area contributed by atoms with Crippen LogP contribution in [0.3, 0.4) is 0 Å². The molecule has 0 saturated carbocycles. The molecule has 0 heterocycles. The molecule has 0 saturated heterocycles. The number of hydrogen-bond acceptors (Lipinski definition) is 3. The van der Waals surface area contributed by atoms with E-state index in [1.165, 1.54) is 19.2 Å². The van der Waals surface area contributed by atoms with E-state index < -0.39 is 0 Å². The number of esters is 1. The van der Waals surface area contributed by atoms with E-state index in [4.69, 9.17) is 4.74 Å². The quantitative estimate of drug-likeness (QED) is 0.791. The van der Waals surface area contributed by atoms with Crippen molar-refractivity contribution in [3.8, 4) is 5.75 Å². The van der Waals surface area contributed by atoms with Gasteiger partial charge in [0, 0.05) is 6.07 Å². The van der Waals surface area contributed by atoms with Gasteiger partial charge in [0.2, 0.25) is 0 Å². The molecule has 0 fully saturated rings. The molecule has 20 heavy (non-hydrogen) atoms. The van der Waals surface area contributed by atoms with Gasteiger partial charge in [-0.3, -0.25) is 0 Å². The smallest absolute Gasteiger partial charge is 0.337 e. The SMILES string of the molecule is COC(=O)c1ccc(COc2cc(F)ccc2Br)cc1. The highest BCUT2D eigenvalue weighted by Gasteiger charge is 2.06. The van der Waals surface area contributed by atoms with Gasteiger partial charge in [0.05, 0.1) is 17.1 Å². The van der Waals surface area contributed by atoms with Crippen molar-refractivity contribution >= 4 is 21.9 Å². The Morgan fingerprint density at radius 2 is 1.90 bits per heavy atom. The van der Waals surface area contributed by atoms with E-state index in [-0.39, 0.29) is 18.4 Å². The van der Waals surface area contributed by atoms with E-state index in [2.05, 4.69) is 20.7 Å². The van der Waals surface area contributed by atoms with Crippen LogP contribution in [0.4, 0.5) is 4.39 Å². The number of rotatable bonds is 4. The second-order valence-corrected chi connectivity index (χ2v) is 4.91. The normalized spacial score (nSPS) is 10.2. The molecule has 3 nitrogen and oxygen atoms in total. The minimum atomic E-state index is -0.384. The van der Waals surface area contributed by atoms with Gasteiger partial charge in [-0.2, -0.15) is 0 Å². The predicted octanol–water partition coefficient (Wildman–Crippen LogP) is 3.95. The van der Waals surface area contributed by atoms with Crippen molar-refractivity contribution in [2.45, 2.75) is 6.61 Å². The molecule has 0 aliphatic rings. The third kappa shape index (κ3) is 3.57. The van der Waals surface area contributed by atoms with Crippen LogP contribution in [-0.2, 0) is 11.3 Å². The third-order valence-electron chi connectivity index (χ3n) is 2.66. The van der Waals surface area contributed by atoms with E-state index in [1.807, 2.05) is 0 Å². The van der Waals surface area contributed by atoms with Gasteiger partial charge < -0.3 is 9.47 Å². The molecule has 5 heteroatoms. The fourth-order valence-corrected chi connectivity index (χ4v) is 1.96. The number of carbonyl (C=O) groups is 1. The average Bonchev–Trinajstić information content (AvgIpc) is 2.48. The van der Waals surface area contributed by atoms with Crippen LogP contribution in [0.15, 0.2) is 46.9 Å². The number of methoxy groups -OCH3 is 1. The van der Waals surface area contributed by atoms with Gasteiger partial charge in [0.25, 0.3) is 0 Å². The number of hydrogen-bond donors (Lipinski definition) is 0. The third-order valence-corrected chi connectivity index (χ3v) is 3.32. The van der Waals surface area contributed by atoms with Crippen molar-refractivity contribution in [1.82, 2.24) is 0 Å². The molecule has 0 radical (unpaired) electrons. The van der Waals surface area contributed by atoms with E-state index in [0.29, 0.717) is 15.8 Å². The zero-order valence-corrected chi connectivity index (χ0v) is 12.3. The second-order valence-electron chi connectivity index (χ2n) is 4.05. The van der Waals surface area contributed by atoms with E-state index in [1.54, 1.807) is 30.3 Å². The highest BCUT2D eigenvalue weighted by molar-refractivity contribution is 9.10. The van der Waals surface area contributed by atoms with E-state index in [0.717, 1.165) is 5.56 Å². The van der Waals surface area contributed by atoms with Crippen molar-refractivity contribution in [1.29, 1.82) is 0 Å². The maximum Gasteiger partial charge on any atom is 0.337 e. The maximum atomic E-state index is 13.1. The lowest BCUT2D eigenvalue weighted by Gasteiger charge is -2.08. The Kier molecular flexibility index (Phi) is 4.74. The maximum absolute atomic E-state index is 13.1. The predicted molar refractivity (Wildman–Crippen MR) is 76.2 cm³/mol. The summed E-state index contributed by atoms with van der Waals surface area (Å²) in [6.07, 6.45) is 0. The standard InChI is InChI=1S/C15H12BrFO3/c1-19-15(18)11-4-2-10(3-5-11)9-20-14-8-12(17)6-7-13(14)16/h2-8H,9H2,1H3. The Hall–Kier alpha value is -1.88. The summed E-state index contributed by atoms with van der Waals surface area (Å²) in [6, 6.07) is 11.1. The van der Waals surface area contributed by atoms with Crippen LogP contribution in [0.2, 0.25) is 0 Å². The molecule has 0 amide bonds. The molecule has 0 aliphatic carbocycles. The fraction of sp³-hybridized carbons (Fsp3) is 0.133. The van der Waals surface area contributed by atoms with Crippen molar-refractivity contribution in [3.63, 3.8) is 0 Å². The Morgan fingerprint density at radius 1 is 1.20 bits per heavy atom. The summed E-state index contributed by atoms with van der Waals surface area (Å²) in [4.78, 5) is 11.3. The van der Waals surface area contributed by atoms with Crippen molar-refractivity contribution < 1.29 is 18.7 Å².